The lowest BCUT2D eigenvalue weighted by Gasteiger charge is -2.25. The van der Waals surface area contributed by atoms with Gasteiger partial charge in [-0.1, -0.05) is 6.08 Å². The molecule has 1 fully saturated rings. The standard InChI is InChI=1S/C14H18F4N2O3/c1-14(2,3)23-13(22)19-5-4-7(6-19)12(21)20-10(17)8(15)9(16)11(20)18/h4,8-11H,5-6H2,1-3H3. The van der Waals surface area contributed by atoms with E-state index in [1.165, 1.54) is 6.08 Å². The zero-order chi connectivity index (χ0) is 17.5. The predicted octanol–water partition coefficient (Wildman–Crippen LogP) is 2.27. The maximum Gasteiger partial charge on any atom is 0.410 e. The molecule has 4 atom stereocenters. The predicted molar refractivity (Wildman–Crippen MR) is 72.3 cm³/mol. The molecule has 0 spiro atoms. The summed E-state index contributed by atoms with van der Waals surface area (Å²) >= 11 is 0. The Balaban J connectivity index is 2.02. The van der Waals surface area contributed by atoms with E-state index in [0.717, 1.165) is 4.90 Å². The monoisotopic (exact) mass is 338 g/mol. The van der Waals surface area contributed by atoms with E-state index in [4.69, 9.17) is 4.74 Å². The van der Waals surface area contributed by atoms with Crippen LogP contribution < -0.4 is 0 Å². The number of alkyl halides is 4. The van der Waals surface area contributed by atoms with Crippen LogP contribution in [0.1, 0.15) is 20.8 Å². The number of halogens is 4. The molecule has 0 saturated carbocycles. The highest BCUT2D eigenvalue weighted by Gasteiger charge is 2.54. The van der Waals surface area contributed by atoms with Gasteiger partial charge in [-0.3, -0.25) is 14.6 Å². The highest BCUT2D eigenvalue weighted by atomic mass is 19.2. The Hall–Kier alpha value is -1.80. The zero-order valence-corrected chi connectivity index (χ0v) is 12.9. The molecule has 0 radical (unpaired) electrons. The minimum atomic E-state index is -2.72. The Bertz CT molecular complexity index is 521. The average Bonchev–Trinajstić information content (AvgIpc) is 2.99. The molecule has 5 nitrogen and oxygen atoms in total. The molecule has 0 bridgehead atoms. The van der Waals surface area contributed by atoms with Crippen molar-refractivity contribution in [1.82, 2.24) is 9.80 Å². The largest absolute Gasteiger partial charge is 0.444 e. The molecule has 2 aliphatic heterocycles. The van der Waals surface area contributed by atoms with Crippen molar-refractivity contribution in [3.05, 3.63) is 11.6 Å². The fourth-order valence-corrected chi connectivity index (χ4v) is 2.31. The van der Waals surface area contributed by atoms with Crippen LogP contribution in [0, 0.1) is 0 Å². The number of carbonyl (C=O) groups is 2. The van der Waals surface area contributed by atoms with Gasteiger partial charge in [0.05, 0.1) is 6.54 Å². The Morgan fingerprint density at radius 2 is 1.65 bits per heavy atom. The lowest BCUT2D eigenvalue weighted by Crippen LogP contribution is -2.42. The summed E-state index contributed by atoms with van der Waals surface area (Å²) in [6.45, 7) is 4.76. The van der Waals surface area contributed by atoms with Gasteiger partial charge in [0.1, 0.15) is 5.60 Å². The molecule has 130 valence electrons. The summed E-state index contributed by atoms with van der Waals surface area (Å²) in [6, 6.07) is 0. The van der Waals surface area contributed by atoms with Crippen molar-refractivity contribution < 1.29 is 31.9 Å². The summed E-state index contributed by atoms with van der Waals surface area (Å²) in [5, 5.41) is 0. The molecule has 0 N–H and O–H groups in total. The minimum absolute atomic E-state index is 0.00976. The van der Waals surface area contributed by atoms with Gasteiger partial charge >= 0.3 is 6.09 Å². The second kappa shape index (κ2) is 6.01. The van der Waals surface area contributed by atoms with Crippen LogP contribution in [0.25, 0.3) is 0 Å². The third-order valence-electron chi connectivity index (χ3n) is 3.44. The Morgan fingerprint density at radius 3 is 2.13 bits per heavy atom. The molecule has 0 aliphatic carbocycles. The molecular formula is C14H18F4N2O3. The minimum Gasteiger partial charge on any atom is -0.444 e. The molecule has 0 aromatic carbocycles. The first-order valence-electron chi connectivity index (χ1n) is 7.09. The molecule has 0 aromatic heterocycles. The number of amides is 2. The van der Waals surface area contributed by atoms with Crippen LogP contribution in [0.5, 0.6) is 0 Å². The lowest BCUT2D eigenvalue weighted by molar-refractivity contribution is -0.138. The second-order valence-corrected chi connectivity index (χ2v) is 6.44. The number of nitrogens with zero attached hydrogens (tertiary/aromatic N) is 2. The maximum absolute atomic E-state index is 13.6. The first kappa shape index (κ1) is 17.6. The molecule has 2 heterocycles. The first-order valence-corrected chi connectivity index (χ1v) is 7.09. The molecule has 1 saturated heterocycles. The van der Waals surface area contributed by atoms with E-state index >= 15 is 0 Å². The molecule has 23 heavy (non-hydrogen) atoms. The smallest absolute Gasteiger partial charge is 0.410 e. The van der Waals surface area contributed by atoms with E-state index in [9.17, 15) is 27.2 Å². The number of rotatable bonds is 1. The van der Waals surface area contributed by atoms with E-state index in [1.54, 1.807) is 20.8 Å². The fourth-order valence-electron chi connectivity index (χ4n) is 2.31. The van der Waals surface area contributed by atoms with Crippen LogP contribution in [-0.2, 0) is 9.53 Å². The molecule has 2 amide bonds. The normalized spacial score (nSPS) is 31.3. The van der Waals surface area contributed by atoms with Crippen molar-refractivity contribution in [2.45, 2.75) is 51.3 Å². The highest BCUT2D eigenvalue weighted by Crippen LogP contribution is 2.33. The highest BCUT2D eigenvalue weighted by molar-refractivity contribution is 5.95. The van der Waals surface area contributed by atoms with Gasteiger partial charge in [-0.05, 0) is 20.8 Å². The number of ether oxygens (including phenoxy) is 1. The van der Waals surface area contributed by atoms with Crippen LogP contribution in [0.15, 0.2) is 11.6 Å². The number of carbonyl (C=O) groups excluding carboxylic acids is 2. The van der Waals surface area contributed by atoms with Crippen molar-refractivity contribution in [3.63, 3.8) is 0 Å². The van der Waals surface area contributed by atoms with Gasteiger partial charge in [0.2, 0.25) is 12.6 Å². The van der Waals surface area contributed by atoms with Gasteiger partial charge in [0, 0.05) is 12.1 Å². The number of hydrogen-bond acceptors (Lipinski definition) is 3. The Morgan fingerprint density at radius 1 is 1.13 bits per heavy atom. The van der Waals surface area contributed by atoms with Gasteiger partial charge < -0.3 is 4.74 Å². The van der Waals surface area contributed by atoms with Crippen molar-refractivity contribution in [3.8, 4) is 0 Å². The van der Waals surface area contributed by atoms with Crippen LogP contribution >= 0.6 is 0 Å². The third-order valence-corrected chi connectivity index (χ3v) is 3.44. The van der Waals surface area contributed by atoms with Crippen LogP contribution in [0.3, 0.4) is 0 Å². The average molecular weight is 338 g/mol. The summed E-state index contributed by atoms with van der Waals surface area (Å²) in [6.07, 6.45) is -10.2. The summed E-state index contributed by atoms with van der Waals surface area (Å²) in [5.41, 5.74) is -0.849. The number of hydrogen-bond donors (Lipinski definition) is 0. The SMILES string of the molecule is CC(C)(C)OC(=O)N1CC=C(C(=O)N2C(F)C(F)C(F)C2F)C1. The molecule has 4 unspecified atom stereocenters. The summed E-state index contributed by atoms with van der Waals surface area (Å²) in [4.78, 5) is 25.0. The van der Waals surface area contributed by atoms with Gasteiger partial charge in [-0.15, -0.1) is 0 Å². The molecule has 2 aliphatic rings. The second-order valence-electron chi connectivity index (χ2n) is 6.44. The summed E-state index contributed by atoms with van der Waals surface area (Å²) in [7, 11) is 0. The van der Waals surface area contributed by atoms with Crippen molar-refractivity contribution in [2.24, 2.45) is 0 Å². The zero-order valence-electron chi connectivity index (χ0n) is 12.9. The van der Waals surface area contributed by atoms with Gasteiger partial charge in [0.25, 0.3) is 5.91 Å². The quantitative estimate of drug-likeness (QED) is 0.544. The van der Waals surface area contributed by atoms with E-state index in [-0.39, 0.29) is 23.6 Å². The fraction of sp³-hybridized carbons (Fsp3) is 0.714. The third kappa shape index (κ3) is 3.42. The topological polar surface area (TPSA) is 49.9 Å². The van der Waals surface area contributed by atoms with Crippen LogP contribution in [-0.4, -0.2) is 65.4 Å². The summed E-state index contributed by atoms with van der Waals surface area (Å²) < 4.78 is 58.6. The van der Waals surface area contributed by atoms with Gasteiger partial charge in [-0.2, -0.15) is 0 Å². The van der Waals surface area contributed by atoms with Gasteiger partial charge in [-0.25, -0.2) is 22.4 Å². The molecule has 9 heteroatoms. The van der Waals surface area contributed by atoms with Gasteiger partial charge in [0.15, 0.2) is 12.3 Å². The molecule has 2 rings (SSSR count). The number of likely N-dealkylation sites (tertiary alicyclic amines) is 1. The van der Waals surface area contributed by atoms with E-state index in [1.807, 2.05) is 0 Å². The maximum atomic E-state index is 13.6. The van der Waals surface area contributed by atoms with E-state index < -0.39 is 42.5 Å². The first-order chi connectivity index (χ1) is 10.5. The van der Waals surface area contributed by atoms with E-state index in [2.05, 4.69) is 0 Å². The van der Waals surface area contributed by atoms with Crippen molar-refractivity contribution >= 4 is 12.0 Å². The molecule has 0 aromatic rings. The lowest BCUT2D eigenvalue weighted by atomic mass is 10.2. The Labute approximate surface area is 130 Å². The van der Waals surface area contributed by atoms with Crippen molar-refractivity contribution in [1.29, 1.82) is 0 Å². The van der Waals surface area contributed by atoms with Crippen LogP contribution in [0.2, 0.25) is 0 Å². The van der Waals surface area contributed by atoms with Crippen LogP contribution in [0.4, 0.5) is 22.4 Å². The van der Waals surface area contributed by atoms with E-state index in [0.29, 0.717) is 0 Å². The van der Waals surface area contributed by atoms with Crippen molar-refractivity contribution in [2.75, 3.05) is 13.1 Å². The molecular weight excluding hydrogens is 320 g/mol. The Kier molecular flexibility index (Phi) is 4.59. The summed E-state index contributed by atoms with van der Waals surface area (Å²) in [5.74, 6) is -1.17.